The molecule has 0 spiro atoms. The van der Waals surface area contributed by atoms with E-state index in [2.05, 4.69) is 21.2 Å². The van der Waals surface area contributed by atoms with Crippen molar-refractivity contribution < 1.29 is 8.78 Å². The molecule has 5 heteroatoms. The van der Waals surface area contributed by atoms with Crippen LogP contribution >= 0.6 is 27.5 Å². The maximum absolute atomic E-state index is 14.2. The third kappa shape index (κ3) is 2.87. The molecular weight excluding hydrogens is 348 g/mol. The maximum atomic E-state index is 14.2. The molecule has 20 heavy (non-hydrogen) atoms. The van der Waals surface area contributed by atoms with E-state index in [0.29, 0.717) is 15.1 Å². The molecule has 0 aromatic heterocycles. The Morgan fingerprint density at radius 2 is 1.90 bits per heavy atom. The van der Waals surface area contributed by atoms with Crippen molar-refractivity contribution in [3.8, 4) is 0 Å². The van der Waals surface area contributed by atoms with Crippen molar-refractivity contribution in [3.05, 3.63) is 68.2 Å². The molecule has 0 bridgehead atoms. The standard InChI is InChI=1S/C15H13BrClF2N/c1-8-3-6-12(18)13(14(8)19)15(20-2)9-4-5-11(17)10(16)7-9/h3-7,15,20H,1-2H3. The van der Waals surface area contributed by atoms with Crippen LogP contribution in [0.5, 0.6) is 0 Å². The van der Waals surface area contributed by atoms with E-state index in [9.17, 15) is 8.78 Å². The van der Waals surface area contributed by atoms with Gasteiger partial charge in [-0.05, 0) is 59.2 Å². The van der Waals surface area contributed by atoms with Crippen LogP contribution in [0.1, 0.15) is 22.7 Å². The molecule has 2 aromatic rings. The number of hydrogen-bond donors (Lipinski definition) is 1. The molecule has 0 heterocycles. The van der Waals surface area contributed by atoms with E-state index in [1.165, 1.54) is 12.1 Å². The van der Waals surface area contributed by atoms with Gasteiger partial charge in [-0.25, -0.2) is 8.78 Å². The lowest BCUT2D eigenvalue weighted by atomic mass is 9.96. The second kappa shape index (κ2) is 6.20. The van der Waals surface area contributed by atoms with Gasteiger partial charge in [0.15, 0.2) is 0 Å². The fourth-order valence-corrected chi connectivity index (χ4v) is 2.63. The normalized spacial score (nSPS) is 12.5. The Balaban J connectivity index is 2.58. The van der Waals surface area contributed by atoms with Crippen LogP contribution in [0.3, 0.4) is 0 Å². The molecule has 0 aliphatic rings. The highest BCUT2D eigenvalue weighted by Gasteiger charge is 2.22. The van der Waals surface area contributed by atoms with Gasteiger partial charge in [-0.15, -0.1) is 0 Å². The fourth-order valence-electron chi connectivity index (χ4n) is 2.11. The third-order valence-electron chi connectivity index (χ3n) is 3.17. The first-order chi connectivity index (χ1) is 9.45. The molecule has 106 valence electrons. The number of benzene rings is 2. The Kier molecular flexibility index (Phi) is 4.78. The number of aryl methyl sites for hydroxylation is 1. The molecule has 2 rings (SSSR count). The second-order valence-electron chi connectivity index (χ2n) is 4.49. The minimum atomic E-state index is -0.580. The Morgan fingerprint density at radius 3 is 2.50 bits per heavy atom. The van der Waals surface area contributed by atoms with Gasteiger partial charge >= 0.3 is 0 Å². The van der Waals surface area contributed by atoms with Gasteiger partial charge in [0, 0.05) is 10.0 Å². The smallest absolute Gasteiger partial charge is 0.134 e. The minimum absolute atomic E-state index is 0.0155. The first-order valence-electron chi connectivity index (χ1n) is 6.02. The number of hydrogen-bond acceptors (Lipinski definition) is 1. The zero-order valence-corrected chi connectivity index (χ0v) is 13.3. The van der Waals surface area contributed by atoms with Gasteiger partial charge in [0.25, 0.3) is 0 Å². The van der Waals surface area contributed by atoms with E-state index in [1.54, 1.807) is 32.2 Å². The number of rotatable bonds is 3. The van der Waals surface area contributed by atoms with Crippen LogP contribution in [0, 0.1) is 18.6 Å². The molecule has 0 aliphatic heterocycles. The molecule has 2 aromatic carbocycles. The molecule has 1 atom stereocenters. The summed E-state index contributed by atoms with van der Waals surface area (Å²) in [6.07, 6.45) is 0. The maximum Gasteiger partial charge on any atom is 0.134 e. The highest BCUT2D eigenvalue weighted by atomic mass is 79.9. The summed E-state index contributed by atoms with van der Waals surface area (Å²) >= 11 is 9.27. The molecule has 0 saturated carbocycles. The van der Waals surface area contributed by atoms with Gasteiger partial charge < -0.3 is 5.32 Å². The van der Waals surface area contributed by atoms with Gasteiger partial charge in [0.2, 0.25) is 0 Å². The summed E-state index contributed by atoms with van der Waals surface area (Å²) in [6.45, 7) is 1.61. The van der Waals surface area contributed by atoms with Crippen molar-refractivity contribution in [2.75, 3.05) is 7.05 Å². The van der Waals surface area contributed by atoms with Gasteiger partial charge in [-0.3, -0.25) is 0 Å². The summed E-state index contributed by atoms with van der Waals surface area (Å²) < 4.78 is 28.9. The molecule has 0 amide bonds. The van der Waals surface area contributed by atoms with E-state index in [-0.39, 0.29) is 5.56 Å². The summed E-state index contributed by atoms with van der Waals surface area (Å²) in [4.78, 5) is 0. The lowest BCUT2D eigenvalue weighted by Gasteiger charge is -2.20. The summed E-state index contributed by atoms with van der Waals surface area (Å²) in [6, 6.07) is 7.32. The molecule has 0 saturated heterocycles. The Hall–Kier alpha value is -0.970. The fraction of sp³-hybridized carbons (Fsp3) is 0.200. The van der Waals surface area contributed by atoms with Crippen LogP contribution in [-0.4, -0.2) is 7.05 Å². The van der Waals surface area contributed by atoms with Gasteiger partial charge in [-0.2, -0.15) is 0 Å². The van der Waals surface area contributed by atoms with Crippen molar-refractivity contribution in [3.63, 3.8) is 0 Å². The van der Waals surface area contributed by atoms with Crippen LogP contribution in [-0.2, 0) is 0 Å². The average Bonchev–Trinajstić information content (AvgIpc) is 2.42. The Morgan fingerprint density at radius 1 is 1.20 bits per heavy atom. The van der Waals surface area contributed by atoms with Crippen LogP contribution in [0.2, 0.25) is 5.02 Å². The Bertz CT molecular complexity index is 646. The molecule has 1 N–H and O–H groups in total. The van der Waals surface area contributed by atoms with E-state index in [0.717, 1.165) is 5.56 Å². The quantitative estimate of drug-likeness (QED) is 0.812. The zero-order chi connectivity index (χ0) is 14.9. The van der Waals surface area contributed by atoms with Crippen LogP contribution in [0.25, 0.3) is 0 Å². The highest BCUT2D eigenvalue weighted by Crippen LogP contribution is 2.32. The first kappa shape index (κ1) is 15.4. The van der Waals surface area contributed by atoms with Gasteiger partial charge in [0.05, 0.1) is 11.1 Å². The number of halogens is 4. The summed E-state index contributed by atoms with van der Waals surface area (Å²) in [5.41, 5.74) is 1.16. The molecule has 0 fully saturated rings. The van der Waals surface area contributed by atoms with E-state index < -0.39 is 17.7 Å². The van der Waals surface area contributed by atoms with Gasteiger partial charge in [0.1, 0.15) is 11.6 Å². The van der Waals surface area contributed by atoms with Crippen molar-refractivity contribution in [2.45, 2.75) is 13.0 Å². The van der Waals surface area contributed by atoms with Crippen molar-refractivity contribution >= 4 is 27.5 Å². The van der Waals surface area contributed by atoms with Gasteiger partial charge in [-0.1, -0.05) is 23.7 Å². The molecule has 0 radical (unpaired) electrons. The third-order valence-corrected chi connectivity index (χ3v) is 4.39. The lowest BCUT2D eigenvalue weighted by Crippen LogP contribution is -2.21. The number of nitrogens with one attached hydrogen (secondary N) is 1. The average molecular weight is 361 g/mol. The molecule has 1 nitrogen and oxygen atoms in total. The molecule has 0 aliphatic carbocycles. The summed E-state index contributed by atoms with van der Waals surface area (Å²) in [7, 11) is 1.66. The zero-order valence-electron chi connectivity index (χ0n) is 11.0. The predicted molar refractivity (Wildman–Crippen MR) is 81.1 cm³/mol. The minimum Gasteiger partial charge on any atom is -0.309 e. The van der Waals surface area contributed by atoms with Crippen LogP contribution < -0.4 is 5.32 Å². The van der Waals surface area contributed by atoms with E-state index in [4.69, 9.17) is 11.6 Å². The van der Waals surface area contributed by atoms with Crippen molar-refractivity contribution in [1.82, 2.24) is 5.32 Å². The Labute approximate surface area is 130 Å². The predicted octanol–water partition coefficient (Wildman–Crippen LogP) is 5.00. The lowest BCUT2D eigenvalue weighted by molar-refractivity contribution is 0.517. The van der Waals surface area contributed by atoms with E-state index >= 15 is 0 Å². The summed E-state index contributed by atoms with van der Waals surface area (Å²) in [5.74, 6) is -1.10. The van der Waals surface area contributed by atoms with Crippen molar-refractivity contribution in [2.24, 2.45) is 0 Å². The monoisotopic (exact) mass is 359 g/mol. The largest absolute Gasteiger partial charge is 0.309 e. The van der Waals surface area contributed by atoms with E-state index in [1.807, 2.05) is 0 Å². The summed E-state index contributed by atoms with van der Waals surface area (Å²) in [5, 5.41) is 3.50. The van der Waals surface area contributed by atoms with Crippen molar-refractivity contribution in [1.29, 1.82) is 0 Å². The van der Waals surface area contributed by atoms with Crippen LogP contribution in [0.15, 0.2) is 34.8 Å². The highest BCUT2D eigenvalue weighted by molar-refractivity contribution is 9.10. The van der Waals surface area contributed by atoms with Crippen LogP contribution in [0.4, 0.5) is 8.78 Å². The molecule has 1 unspecified atom stereocenters. The first-order valence-corrected chi connectivity index (χ1v) is 7.19. The SMILES string of the molecule is CNC(c1ccc(Cl)c(Br)c1)c1c(F)ccc(C)c1F. The second-order valence-corrected chi connectivity index (χ2v) is 5.75. The topological polar surface area (TPSA) is 12.0 Å². The molecular formula is C15H13BrClF2N.